The smallest absolute Gasteiger partial charge is 0.116 e. The molecule has 0 bridgehead atoms. The van der Waals surface area contributed by atoms with Gasteiger partial charge < -0.3 is 15.0 Å². The molecule has 1 atom stereocenters. The Labute approximate surface area is 176 Å². The zero-order valence-electron chi connectivity index (χ0n) is 17.4. The molecule has 0 fully saturated rings. The Balaban J connectivity index is 1.75. The van der Waals surface area contributed by atoms with Gasteiger partial charge in [-0.15, -0.1) is 0 Å². The van der Waals surface area contributed by atoms with Gasteiger partial charge in [0.15, 0.2) is 0 Å². The van der Waals surface area contributed by atoms with E-state index in [1.54, 1.807) is 6.07 Å². The van der Waals surface area contributed by atoms with Crippen molar-refractivity contribution in [3.63, 3.8) is 0 Å². The Morgan fingerprint density at radius 1 is 0.933 bits per heavy atom. The molecule has 30 heavy (non-hydrogen) atoms. The molecule has 0 saturated carbocycles. The van der Waals surface area contributed by atoms with Crippen molar-refractivity contribution in [3.05, 3.63) is 94.5 Å². The number of benzene rings is 3. The van der Waals surface area contributed by atoms with Crippen LogP contribution < -0.4 is 20.5 Å². The normalized spacial score (nSPS) is 16.0. The first-order valence-corrected chi connectivity index (χ1v) is 10.2. The van der Waals surface area contributed by atoms with E-state index in [0.717, 1.165) is 27.0 Å². The SMILES string of the molecule is CN(C)c1ccc(/C=c2\c3n(c4ccc(O)cc24)N(C)C(c2ccccc2)C=3)cc1. The Bertz CT molecular complexity index is 1340. The van der Waals surface area contributed by atoms with Crippen molar-refractivity contribution in [1.82, 2.24) is 4.68 Å². The minimum atomic E-state index is 0.169. The van der Waals surface area contributed by atoms with Crippen molar-refractivity contribution in [1.29, 1.82) is 0 Å². The van der Waals surface area contributed by atoms with Crippen molar-refractivity contribution in [2.45, 2.75) is 6.04 Å². The van der Waals surface area contributed by atoms with Crippen molar-refractivity contribution in [2.24, 2.45) is 0 Å². The summed E-state index contributed by atoms with van der Waals surface area (Å²) in [6.07, 6.45) is 4.52. The largest absolute Gasteiger partial charge is 0.508 e. The van der Waals surface area contributed by atoms with E-state index in [4.69, 9.17) is 0 Å². The number of phenolic OH excluding ortho intramolecular Hbond substituents is 1. The van der Waals surface area contributed by atoms with Crippen LogP contribution in [0.25, 0.3) is 23.1 Å². The summed E-state index contributed by atoms with van der Waals surface area (Å²) in [7, 11) is 6.21. The maximum Gasteiger partial charge on any atom is 0.116 e. The molecule has 0 aliphatic carbocycles. The minimum absolute atomic E-state index is 0.169. The van der Waals surface area contributed by atoms with Crippen molar-refractivity contribution in [3.8, 4) is 5.75 Å². The Kier molecular flexibility index (Phi) is 4.28. The molecule has 2 heterocycles. The van der Waals surface area contributed by atoms with Crippen LogP contribution in [0.4, 0.5) is 5.69 Å². The van der Waals surface area contributed by atoms with Crippen molar-refractivity contribution in [2.75, 3.05) is 31.1 Å². The minimum Gasteiger partial charge on any atom is -0.508 e. The number of hydrogen-bond donors (Lipinski definition) is 1. The highest BCUT2D eigenvalue weighted by atomic mass is 16.3. The number of rotatable bonds is 3. The highest BCUT2D eigenvalue weighted by molar-refractivity contribution is 5.86. The van der Waals surface area contributed by atoms with Crippen LogP contribution in [-0.2, 0) is 0 Å². The quantitative estimate of drug-likeness (QED) is 0.577. The van der Waals surface area contributed by atoms with Crippen LogP contribution in [0.15, 0.2) is 72.8 Å². The van der Waals surface area contributed by atoms with Crippen LogP contribution in [0.2, 0.25) is 0 Å². The topological polar surface area (TPSA) is 31.6 Å². The first-order valence-electron chi connectivity index (χ1n) is 10.2. The summed E-state index contributed by atoms with van der Waals surface area (Å²) in [5.41, 5.74) is 4.67. The summed E-state index contributed by atoms with van der Waals surface area (Å²) in [6, 6.07) is 24.9. The van der Waals surface area contributed by atoms with Gasteiger partial charge in [0.2, 0.25) is 0 Å². The lowest BCUT2D eigenvalue weighted by Gasteiger charge is -2.25. The van der Waals surface area contributed by atoms with Crippen LogP contribution in [0.3, 0.4) is 0 Å². The van der Waals surface area contributed by atoms with E-state index in [2.05, 4.69) is 82.3 Å². The maximum absolute atomic E-state index is 10.2. The van der Waals surface area contributed by atoms with E-state index >= 15 is 0 Å². The van der Waals surface area contributed by atoms with Gasteiger partial charge in [-0.25, -0.2) is 0 Å². The summed E-state index contributed by atoms with van der Waals surface area (Å²) in [6.45, 7) is 0. The second kappa shape index (κ2) is 6.99. The first kappa shape index (κ1) is 18.4. The molecule has 0 spiro atoms. The summed E-state index contributed by atoms with van der Waals surface area (Å²) in [5.74, 6) is 0.284. The fraction of sp³-hybridized carbons (Fsp3) is 0.154. The van der Waals surface area contributed by atoms with Gasteiger partial charge in [-0.1, -0.05) is 42.5 Å². The molecule has 1 N–H and O–H groups in total. The van der Waals surface area contributed by atoms with Gasteiger partial charge in [-0.2, -0.15) is 0 Å². The average molecular weight is 396 g/mol. The first-order chi connectivity index (χ1) is 14.5. The number of hydrogen-bond acceptors (Lipinski definition) is 3. The van der Waals surface area contributed by atoms with E-state index in [9.17, 15) is 5.11 Å². The third kappa shape index (κ3) is 2.92. The van der Waals surface area contributed by atoms with E-state index in [1.165, 1.54) is 11.3 Å². The molecule has 3 aromatic carbocycles. The molecule has 0 radical (unpaired) electrons. The summed E-state index contributed by atoms with van der Waals surface area (Å²) in [5, 5.41) is 15.7. The number of aromatic hydroxyl groups is 1. The van der Waals surface area contributed by atoms with Gasteiger partial charge >= 0.3 is 0 Å². The van der Waals surface area contributed by atoms with Gasteiger partial charge in [-0.05, 0) is 53.6 Å². The van der Waals surface area contributed by atoms with Crippen LogP contribution in [0.1, 0.15) is 17.2 Å². The number of aromatic nitrogens is 1. The molecule has 1 aromatic heterocycles. The molecule has 4 aromatic rings. The molecule has 0 amide bonds. The van der Waals surface area contributed by atoms with Gasteiger partial charge in [0, 0.05) is 37.4 Å². The standard InChI is InChI=1S/C26H25N3O/c1-27(2)20-11-9-18(10-12-20)15-22-23-16-21(30)13-14-24(23)29-26(22)17-25(28(29)3)19-7-5-4-6-8-19/h4-17,25,30H,1-3H3/b22-15-. The number of phenols is 1. The highest BCUT2D eigenvalue weighted by Crippen LogP contribution is 2.26. The third-order valence-electron chi connectivity index (χ3n) is 5.90. The Morgan fingerprint density at radius 3 is 2.37 bits per heavy atom. The summed E-state index contributed by atoms with van der Waals surface area (Å²) in [4.78, 5) is 2.10. The monoisotopic (exact) mass is 395 g/mol. The zero-order chi connectivity index (χ0) is 20.8. The molecule has 4 heteroatoms. The maximum atomic E-state index is 10.2. The molecular formula is C26H25N3O. The van der Waals surface area contributed by atoms with Crippen LogP contribution >= 0.6 is 0 Å². The van der Waals surface area contributed by atoms with E-state index in [0.29, 0.717) is 0 Å². The lowest BCUT2D eigenvalue weighted by Crippen LogP contribution is -2.35. The summed E-state index contributed by atoms with van der Waals surface area (Å²) < 4.78 is 2.26. The molecular weight excluding hydrogens is 370 g/mol. The van der Waals surface area contributed by atoms with Gasteiger partial charge in [0.25, 0.3) is 0 Å². The fourth-order valence-electron chi connectivity index (χ4n) is 4.34. The Morgan fingerprint density at radius 2 is 1.67 bits per heavy atom. The number of fused-ring (bicyclic) bond motifs is 3. The predicted molar refractivity (Wildman–Crippen MR) is 125 cm³/mol. The van der Waals surface area contributed by atoms with Crippen LogP contribution in [0, 0.1) is 0 Å². The Hall–Kier alpha value is -3.66. The van der Waals surface area contributed by atoms with Gasteiger partial charge in [0.05, 0.1) is 16.9 Å². The van der Waals surface area contributed by atoms with Gasteiger partial charge in [-0.3, -0.25) is 4.68 Å². The third-order valence-corrected chi connectivity index (χ3v) is 5.90. The summed E-state index contributed by atoms with van der Waals surface area (Å²) >= 11 is 0. The molecule has 150 valence electrons. The number of anilines is 1. The highest BCUT2D eigenvalue weighted by Gasteiger charge is 2.24. The zero-order valence-corrected chi connectivity index (χ0v) is 17.4. The molecule has 4 nitrogen and oxygen atoms in total. The predicted octanol–water partition coefficient (Wildman–Crippen LogP) is 3.34. The van der Waals surface area contributed by atoms with Gasteiger partial charge in [0.1, 0.15) is 5.75 Å². The number of nitrogens with zero attached hydrogens (tertiary/aromatic N) is 3. The van der Waals surface area contributed by atoms with Crippen molar-refractivity contribution >= 4 is 28.7 Å². The van der Waals surface area contributed by atoms with Crippen molar-refractivity contribution < 1.29 is 5.11 Å². The van der Waals surface area contributed by atoms with E-state index in [-0.39, 0.29) is 11.8 Å². The molecule has 1 aliphatic heterocycles. The van der Waals surface area contributed by atoms with Crippen LogP contribution in [0.5, 0.6) is 5.75 Å². The average Bonchev–Trinajstić information content (AvgIpc) is 3.24. The lowest BCUT2D eigenvalue weighted by molar-refractivity contribution is 0.476. The molecule has 1 aliphatic rings. The lowest BCUT2D eigenvalue weighted by atomic mass is 10.1. The molecule has 5 rings (SSSR count). The molecule has 0 saturated heterocycles. The van der Waals surface area contributed by atoms with Crippen LogP contribution in [-0.4, -0.2) is 30.9 Å². The fourth-order valence-corrected chi connectivity index (χ4v) is 4.34. The van der Waals surface area contributed by atoms with E-state index in [1.807, 2.05) is 32.3 Å². The second-order valence-corrected chi connectivity index (χ2v) is 8.04. The molecule has 1 unspecified atom stereocenters. The second-order valence-electron chi connectivity index (χ2n) is 8.04. The van der Waals surface area contributed by atoms with E-state index < -0.39 is 0 Å².